The summed E-state index contributed by atoms with van der Waals surface area (Å²) in [6, 6.07) is 7.21. The Hall–Kier alpha value is -0.800. The van der Waals surface area contributed by atoms with Gasteiger partial charge in [0.15, 0.2) is 0 Å². The predicted octanol–water partition coefficient (Wildman–Crippen LogP) is 0.414. The fourth-order valence-corrected chi connectivity index (χ4v) is 4.54. The molecule has 5 N–H and O–H groups in total. The number of rotatable bonds is 9. The Balaban J connectivity index is 2.57. The van der Waals surface area contributed by atoms with Gasteiger partial charge >= 0.3 is 0 Å². The molecule has 1 aromatic carbocycles. The maximum Gasteiger partial charge on any atom is 0.213 e. The second kappa shape index (κ2) is 8.00. The summed E-state index contributed by atoms with van der Waals surface area (Å²) >= 11 is 1.39. The topological polar surface area (TPSA) is 113 Å². The molecule has 0 radical (unpaired) electrons. The van der Waals surface area contributed by atoms with Crippen molar-refractivity contribution in [2.24, 2.45) is 0 Å². The van der Waals surface area contributed by atoms with Crippen molar-refractivity contribution in [3.8, 4) is 0 Å². The molecule has 120 valence electrons. The largest absolute Gasteiger partial charge is 0.399 e. The number of aliphatic hydroxyl groups excluding tert-OH is 2. The van der Waals surface area contributed by atoms with E-state index in [9.17, 15) is 18.6 Å². The molecule has 1 rings (SSSR count). The van der Waals surface area contributed by atoms with Crippen molar-refractivity contribution in [1.82, 2.24) is 4.72 Å². The standard InChI is InChI=1S/C13H22N2O4S2/c1-2-13(9-16,10-17)15-21(18,19)7-6-20-12-5-3-4-11(14)8-12/h3-5,8,15-17H,2,6-7,9-10,14H2,1H3. The van der Waals surface area contributed by atoms with Gasteiger partial charge < -0.3 is 15.9 Å². The van der Waals surface area contributed by atoms with Crippen LogP contribution in [0.15, 0.2) is 29.2 Å². The van der Waals surface area contributed by atoms with Crippen LogP contribution in [0.3, 0.4) is 0 Å². The van der Waals surface area contributed by atoms with Gasteiger partial charge in [-0.05, 0) is 24.6 Å². The highest BCUT2D eigenvalue weighted by atomic mass is 32.2. The van der Waals surface area contributed by atoms with Gasteiger partial charge in [-0.1, -0.05) is 13.0 Å². The van der Waals surface area contributed by atoms with E-state index in [4.69, 9.17) is 5.73 Å². The molecule has 0 heterocycles. The number of nitrogens with two attached hydrogens (primary N) is 1. The van der Waals surface area contributed by atoms with Gasteiger partial charge in [-0.25, -0.2) is 13.1 Å². The van der Waals surface area contributed by atoms with Crippen LogP contribution in [0, 0.1) is 0 Å². The second-order valence-electron chi connectivity index (χ2n) is 4.79. The molecule has 0 saturated carbocycles. The fraction of sp³-hybridized carbons (Fsp3) is 0.538. The van der Waals surface area contributed by atoms with E-state index in [2.05, 4.69) is 4.72 Å². The minimum absolute atomic E-state index is 0.103. The van der Waals surface area contributed by atoms with Gasteiger partial charge in [0.2, 0.25) is 10.0 Å². The van der Waals surface area contributed by atoms with Crippen molar-refractivity contribution in [3.63, 3.8) is 0 Å². The molecule has 8 heteroatoms. The van der Waals surface area contributed by atoms with Gasteiger partial charge in [-0.15, -0.1) is 11.8 Å². The van der Waals surface area contributed by atoms with Crippen LogP contribution >= 0.6 is 11.8 Å². The molecule has 21 heavy (non-hydrogen) atoms. The fourth-order valence-electron chi connectivity index (χ4n) is 1.66. The number of hydrogen-bond acceptors (Lipinski definition) is 6. The van der Waals surface area contributed by atoms with Crippen LogP contribution in [0.4, 0.5) is 5.69 Å². The second-order valence-corrected chi connectivity index (χ2v) is 7.80. The van der Waals surface area contributed by atoms with E-state index < -0.39 is 28.8 Å². The third-order valence-electron chi connectivity index (χ3n) is 3.13. The Labute approximate surface area is 129 Å². The van der Waals surface area contributed by atoms with E-state index in [1.165, 1.54) is 11.8 Å². The highest BCUT2D eigenvalue weighted by Crippen LogP contribution is 2.20. The zero-order valence-electron chi connectivity index (χ0n) is 11.9. The highest BCUT2D eigenvalue weighted by Gasteiger charge is 2.31. The Kier molecular flexibility index (Phi) is 6.95. The van der Waals surface area contributed by atoms with Crippen LogP contribution in [-0.2, 0) is 10.0 Å². The molecule has 6 nitrogen and oxygen atoms in total. The summed E-state index contributed by atoms with van der Waals surface area (Å²) in [6.07, 6.45) is 0.307. The smallest absolute Gasteiger partial charge is 0.213 e. The molecule has 0 bridgehead atoms. The number of nitrogen functional groups attached to an aromatic ring is 1. The maximum atomic E-state index is 12.0. The van der Waals surface area contributed by atoms with E-state index in [0.29, 0.717) is 17.9 Å². The molecule has 0 saturated heterocycles. The molecule has 0 aliphatic heterocycles. The van der Waals surface area contributed by atoms with Crippen LogP contribution in [0.2, 0.25) is 0 Å². The lowest BCUT2D eigenvalue weighted by Gasteiger charge is -2.29. The SMILES string of the molecule is CCC(CO)(CO)NS(=O)(=O)CCSc1cccc(N)c1. The Bertz CT molecular complexity index is 537. The number of hydrogen-bond donors (Lipinski definition) is 4. The van der Waals surface area contributed by atoms with Gasteiger partial charge in [0.1, 0.15) is 0 Å². The third kappa shape index (κ3) is 5.84. The maximum absolute atomic E-state index is 12.0. The van der Waals surface area contributed by atoms with E-state index in [1.807, 2.05) is 12.1 Å². The zero-order valence-corrected chi connectivity index (χ0v) is 13.6. The first-order valence-electron chi connectivity index (χ1n) is 6.58. The van der Waals surface area contributed by atoms with Crippen molar-refractivity contribution in [1.29, 1.82) is 0 Å². The first-order chi connectivity index (χ1) is 9.86. The summed E-state index contributed by atoms with van der Waals surface area (Å²) < 4.78 is 26.4. The van der Waals surface area contributed by atoms with Crippen molar-refractivity contribution in [2.45, 2.75) is 23.8 Å². The van der Waals surface area contributed by atoms with E-state index in [0.717, 1.165) is 4.90 Å². The van der Waals surface area contributed by atoms with Crippen LogP contribution < -0.4 is 10.5 Å². The quantitative estimate of drug-likeness (QED) is 0.384. The molecular weight excluding hydrogens is 312 g/mol. The van der Waals surface area contributed by atoms with Gasteiger partial charge in [0.25, 0.3) is 0 Å². The van der Waals surface area contributed by atoms with E-state index >= 15 is 0 Å². The predicted molar refractivity (Wildman–Crippen MR) is 85.7 cm³/mol. The first-order valence-corrected chi connectivity index (χ1v) is 9.22. The molecular formula is C13H22N2O4S2. The van der Waals surface area contributed by atoms with E-state index in [1.54, 1.807) is 19.1 Å². The van der Waals surface area contributed by atoms with E-state index in [-0.39, 0.29) is 5.75 Å². The van der Waals surface area contributed by atoms with Crippen LogP contribution in [0.5, 0.6) is 0 Å². The summed E-state index contributed by atoms with van der Waals surface area (Å²) in [5.41, 5.74) is 5.09. The molecule has 1 aromatic rings. The molecule has 0 spiro atoms. The molecule has 0 atom stereocenters. The molecule has 0 fully saturated rings. The molecule has 0 aliphatic carbocycles. The average molecular weight is 334 g/mol. The van der Waals surface area contributed by atoms with Gasteiger partial charge in [0, 0.05) is 16.3 Å². The number of aliphatic hydroxyl groups is 2. The Morgan fingerprint density at radius 2 is 2.00 bits per heavy atom. The lowest BCUT2D eigenvalue weighted by Crippen LogP contribution is -2.54. The minimum atomic E-state index is -3.58. The number of thioether (sulfide) groups is 1. The molecule has 0 aliphatic rings. The summed E-state index contributed by atoms with van der Waals surface area (Å²) in [5, 5.41) is 18.5. The van der Waals surface area contributed by atoms with Gasteiger partial charge in [-0.2, -0.15) is 0 Å². The number of anilines is 1. The van der Waals surface area contributed by atoms with Crippen molar-refractivity contribution in [3.05, 3.63) is 24.3 Å². The first kappa shape index (κ1) is 18.2. The normalized spacial score (nSPS) is 12.5. The van der Waals surface area contributed by atoms with Crippen LogP contribution in [0.1, 0.15) is 13.3 Å². The molecule has 0 amide bonds. The summed E-state index contributed by atoms with van der Waals surface area (Å²) in [7, 11) is -3.58. The lowest BCUT2D eigenvalue weighted by atomic mass is 10.0. The zero-order chi connectivity index (χ0) is 15.9. The summed E-state index contributed by atoms with van der Waals surface area (Å²) in [4.78, 5) is 0.899. The summed E-state index contributed by atoms with van der Waals surface area (Å²) in [5.74, 6) is 0.254. The minimum Gasteiger partial charge on any atom is -0.399 e. The molecule has 0 aromatic heterocycles. The van der Waals surface area contributed by atoms with Crippen molar-refractivity contribution >= 4 is 27.5 Å². The third-order valence-corrected chi connectivity index (χ3v) is 5.87. The van der Waals surface area contributed by atoms with Crippen LogP contribution in [-0.4, -0.2) is 48.9 Å². The lowest BCUT2D eigenvalue weighted by molar-refractivity contribution is 0.105. The Morgan fingerprint density at radius 3 is 2.52 bits per heavy atom. The number of benzene rings is 1. The van der Waals surface area contributed by atoms with Crippen molar-refractivity contribution in [2.75, 3.05) is 30.5 Å². The van der Waals surface area contributed by atoms with Crippen LogP contribution in [0.25, 0.3) is 0 Å². The van der Waals surface area contributed by atoms with Crippen molar-refractivity contribution < 1.29 is 18.6 Å². The van der Waals surface area contributed by atoms with Gasteiger partial charge in [0.05, 0.1) is 24.5 Å². The number of nitrogens with one attached hydrogen (secondary N) is 1. The monoisotopic (exact) mass is 334 g/mol. The Morgan fingerprint density at radius 1 is 1.33 bits per heavy atom. The summed E-state index contributed by atoms with van der Waals surface area (Å²) in [6.45, 7) is 0.819. The highest BCUT2D eigenvalue weighted by molar-refractivity contribution is 8.00. The molecule has 0 unspecified atom stereocenters. The number of sulfonamides is 1. The van der Waals surface area contributed by atoms with Gasteiger partial charge in [-0.3, -0.25) is 0 Å². The average Bonchev–Trinajstić information content (AvgIpc) is 2.45.